The van der Waals surface area contributed by atoms with E-state index in [0.29, 0.717) is 17.9 Å². The molecule has 7 heteroatoms. The van der Waals surface area contributed by atoms with Gasteiger partial charge in [-0.05, 0) is 24.6 Å². The number of sulfonamides is 1. The summed E-state index contributed by atoms with van der Waals surface area (Å²) in [5, 5.41) is 9.12. The highest BCUT2D eigenvalue weighted by atomic mass is 32.2. The number of benzene rings is 1. The number of aliphatic hydroxyl groups excluding tert-OH is 1. The summed E-state index contributed by atoms with van der Waals surface area (Å²) in [7, 11) is -3.44. The lowest BCUT2D eigenvalue weighted by Gasteiger charge is -2.36. The lowest BCUT2D eigenvalue weighted by molar-refractivity contribution is -0.0516. The fourth-order valence-corrected chi connectivity index (χ4v) is 3.98. The largest absolute Gasteiger partial charge is 0.399 e. The number of hydrogen-bond acceptors (Lipinski definition) is 5. The van der Waals surface area contributed by atoms with Crippen molar-refractivity contribution in [3.63, 3.8) is 0 Å². The Morgan fingerprint density at radius 1 is 1.40 bits per heavy atom. The van der Waals surface area contributed by atoms with Crippen molar-refractivity contribution >= 4 is 15.7 Å². The number of hydrogen-bond donors (Lipinski definition) is 2. The Balaban J connectivity index is 2.14. The molecule has 112 valence electrons. The van der Waals surface area contributed by atoms with E-state index in [4.69, 9.17) is 15.6 Å². The van der Waals surface area contributed by atoms with Crippen LogP contribution < -0.4 is 5.73 Å². The van der Waals surface area contributed by atoms with E-state index < -0.39 is 16.1 Å². The predicted octanol–water partition coefficient (Wildman–Crippen LogP) is 0.180. The van der Waals surface area contributed by atoms with Gasteiger partial charge in [-0.3, -0.25) is 0 Å². The molecule has 0 aliphatic carbocycles. The van der Waals surface area contributed by atoms with Gasteiger partial charge in [0.1, 0.15) is 0 Å². The summed E-state index contributed by atoms with van der Waals surface area (Å²) in [4.78, 5) is 0. The topological polar surface area (TPSA) is 92.9 Å². The molecule has 2 atom stereocenters. The van der Waals surface area contributed by atoms with E-state index in [9.17, 15) is 8.42 Å². The molecule has 3 N–H and O–H groups in total. The van der Waals surface area contributed by atoms with Gasteiger partial charge in [-0.2, -0.15) is 4.31 Å². The second-order valence-electron chi connectivity index (χ2n) is 5.05. The molecule has 0 aromatic heterocycles. The first kappa shape index (κ1) is 15.2. The third kappa shape index (κ3) is 3.49. The van der Waals surface area contributed by atoms with E-state index in [-0.39, 0.29) is 24.9 Å². The average molecular weight is 300 g/mol. The van der Waals surface area contributed by atoms with Crippen LogP contribution in [-0.2, 0) is 20.5 Å². The molecule has 1 aliphatic rings. The van der Waals surface area contributed by atoms with Gasteiger partial charge >= 0.3 is 0 Å². The van der Waals surface area contributed by atoms with Gasteiger partial charge in [-0.1, -0.05) is 12.1 Å². The Morgan fingerprint density at radius 3 is 2.65 bits per heavy atom. The zero-order valence-corrected chi connectivity index (χ0v) is 12.2. The number of morpholine rings is 1. The molecular formula is C13H20N2O4S. The van der Waals surface area contributed by atoms with Crippen LogP contribution in [0.5, 0.6) is 0 Å². The minimum atomic E-state index is -3.44. The third-order valence-electron chi connectivity index (χ3n) is 3.34. The number of nitrogen functional groups attached to an aromatic ring is 1. The minimum Gasteiger partial charge on any atom is -0.399 e. The molecule has 2 unspecified atom stereocenters. The van der Waals surface area contributed by atoms with E-state index in [1.54, 1.807) is 31.2 Å². The molecule has 0 radical (unpaired) electrons. The Kier molecular flexibility index (Phi) is 4.64. The van der Waals surface area contributed by atoms with Crippen molar-refractivity contribution in [3.05, 3.63) is 29.8 Å². The maximum Gasteiger partial charge on any atom is 0.218 e. The lowest BCUT2D eigenvalue weighted by Crippen LogP contribution is -2.52. The van der Waals surface area contributed by atoms with E-state index in [2.05, 4.69) is 0 Å². The molecule has 1 fully saturated rings. The number of anilines is 1. The summed E-state index contributed by atoms with van der Waals surface area (Å²) < 4.78 is 31.7. The number of ether oxygens (including phenoxy) is 1. The summed E-state index contributed by atoms with van der Waals surface area (Å²) in [6.45, 7) is 2.11. The number of aliphatic hydroxyl groups is 1. The Morgan fingerprint density at radius 2 is 2.05 bits per heavy atom. The second-order valence-corrected chi connectivity index (χ2v) is 6.98. The second kappa shape index (κ2) is 6.09. The molecule has 1 aliphatic heterocycles. The van der Waals surface area contributed by atoms with Crippen LogP contribution >= 0.6 is 0 Å². The summed E-state index contributed by atoms with van der Waals surface area (Å²) in [5.41, 5.74) is 6.88. The van der Waals surface area contributed by atoms with Gasteiger partial charge in [-0.15, -0.1) is 0 Å². The highest BCUT2D eigenvalue weighted by Crippen LogP contribution is 2.19. The van der Waals surface area contributed by atoms with Crippen LogP contribution in [-0.4, -0.2) is 49.7 Å². The van der Waals surface area contributed by atoms with E-state index in [0.717, 1.165) is 0 Å². The Hall–Kier alpha value is -1.15. The van der Waals surface area contributed by atoms with Crippen molar-refractivity contribution in [2.45, 2.75) is 24.8 Å². The Labute approximate surface area is 119 Å². The van der Waals surface area contributed by atoms with Crippen molar-refractivity contribution in [3.8, 4) is 0 Å². The lowest BCUT2D eigenvalue weighted by atomic mass is 10.2. The SMILES string of the molecule is CC1COC(CO)CN1S(=O)(=O)Cc1ccc(N)cc1. The van der Waals surface area contributed by atoms with E-state index in [1.165, 1.54) is 4.31 Å². The summed E-state index contributed by atoms with van der Waals surface area (Å²) in [6.07, 6.45) is -0.451. The van der Waals surface area contributed by atoms with Crippen LogP contribution in [0, 0.1) is 0 Å². The van der Waals surface area contributed by atoms with E-state index >= 15 is 0 Å². The van der Waals surface area contributed by atoms with Gasteiger partial charge in [-0.25, -0.2) is 8.42 Å². The number of nitrogens with zero attached hydrogens (tertiary/aromatic N) is 1. The van der Waals surface area contributed by atoms with Crippen LogP contribution in [0.15, 0.2) is 24.3 Å². The fourth-order valence-electron chi connectivity index (χ4n) is 2.20. The molecule has 6 nitrogen and oxygen atoms in total. The van der Waals surface area contributed by atoms with Gasteiger partial charge in [0.25, 0.3) is 0 Å². The highest BCUT2D eigenvalue weighted by molar-refractivity contribution is 7.88. The standard InChI is InChI=1S/C13H20N2O4S/c1-10-8-19-13(7-16)6-15(10)20(17,18)9-11-2-4-12(14)5-3-11/h2-5,10,13,16H,6-9,14H2,1H3. The summed E-state index contributed by atoms with van der Waals surface area (Å²) >= 11 is 0. The maximum atomic E-state index is 12.5. The zero-order valence-electron chi connectivity index (χ0n) is 11.4. The molecule has 1 heterocycles. The molecule has 1 aromatic rings. The number of rotatable bonds is 4. The monoisotopic (exact) mass is 300 g/mol. The van der Waals surface area contributed by atoms with Gasteiger partial charge in [0.2, 0.25) is 10.0 Å². The molecular weight excluding hydrogens is 280 g/mol. The molecule has 0 bridgehead atoms. The van der Waals surface area contributed by atoms with Crippen molar-refractivity contribution < 1.29 is 18.3 Å². The van der Waals surface area contributed by atoms with Crippen molar-refractivity contribution in [2.75, 3.05) is 25.5 Å². The Bertz CT molecular complexity index is 544. The maximum absolute atomic E-state index is 12.5. The molecule has 0 spiro atoms. The smallest absolute Gasteiger partial charge is 0.218 e. The minimum absolute atomic E-state index is 0.0736. The molecule has 2 rings (SSSR count). The first-order valence-corrected chi connectivity index (χ1v) is 8.09. The van der Waals surface area contributed by atoms with Gasteiger partial charge in [0.15, 0.2) is 0 Å². The molecule has 1 aromatic carbocycles. The first-order valence-electron chi connectivity index (χ1n) is 6.49. The van der Waals surface area contributed by atoms with Gasteiger partial charge in [0, 0.05) is 18.3 Å². The predicted molar refractivity (Wildman–Crippen MR) is 76.5 cm³/mol. The average Bonchev–Trinajstić information content (AvgIpc) is 2.41. The van der Waals surface area contributed by atoms with Gasteiger partial charge in [0.05, 0.1) is 25.1 Å². The zero-order chi connectivity index (χ0) is 14.8. The van der Waals surface area contributed by atoms with Crippen molar-refractivity contribution in [1.29, 1.82) is 0 Å². The normalized spacial score (nSPS) is 24.7. The van der Waals surface area contributed by atoms with Gasteiger partial charge < -0.3 is 15.6 Å². The highest BCUT2D eigenvalue weighted by Gasteiger charge is 2.34. The quantitative estimate of drug-likeness (QED) is 0.774. The molecule has 1 saturated heterocycles. The third-order valence-corrected chi connectivity index (χ3v) is 5.26. The van der Waals surface area contributed by atoms with Crippen LogP contribution in [0.1, 0.15) is 12.5 Å². The summed E-state index contributed by atoms with van der Waals surface area (Å²) in [6, 6.07) is 6.56. The molecule has 0 saturated carbocycles. The number of nitrogens with two attached hydrogens (primary N) is 1. The van der Waals surface area contributed by atoms with Crippen LogP contribution in [0.25, 0.3) is 0 Å². The summed E-state index contributed by atoms with van der Waals surface area (Å²) in [5.74, 6) is -0.0736. The van der Waals surface area contributed by atoms with Crippen LogP contribution in [0.4, 0.5) is 5.69 Å². The first-order chi connectivity index (χ1) is 9.42. The van der Waals surface area contributed by atoms with Crippen LogP contribution in [0.2, 0.25) is 0 Å². The van der Waals surface area contributed by atoms with Crippen molar-refractivity contribution in [2.24, 2.45) is 0 Å². The van der Waals surface area contributed by atoms with E-state index in [1.807, 2.05) is 0 Å². The molecule has 20 heavy (non-hydrogen) atoms. The van der Waals surface area contributed by atoms with Crippen LogP contribution in [0.3, 0.4) is 0 Å². The molecule has 0 amide bonds. The fraction of sp³-hybridized carbons (Fsp3) is 0.538. The van der Waals surface area contributed by atoms with Crippen molar-refractivity contribution in [1.82, 2.24) is 4.31 Å².